The van der Waals surface area contributed by atoms with Gasteiger partial charge in [-0.05, 0) is 37.0 Å². The molecule has 0 aliphatic heterocycles. The summed E-state index contributed by atoms with van der Waals surface area (Å²) in [7, 11) is 0. The van der Waals surface area contributed by atoms with E-state index in [9.17, 15) is 4.79 Å². The lowest BCUT2D eigenvalue weighted by Crippen LogP contribution is -2.13. The van der Waals surface area contributed by atoms with Gasteiger partial charge in [0.15, 0.2) is 5.13 Å². The molecule has 1 fully saturated rings. The maximum absolute atomic E-state index is 12.2. The Morgan fingerprint density at radius 2 is 2.14 bits per heavy atom. The second-order valence-electron chi connectivity index (χ2n) is 7.33. The SMILES string of the molecule is Cc1ccc2nc(NC(=O)CSc3nnc(CCC4CCCCC4)o3)sc2c1. The van der Waals surface area contributed by atoms with Crippen molar-refractivity contribution in [2.75, 3.05) is 11.1 Å². The zero-order chi connectivity index (χ0) is 19.3. The summed E-state index contributed by atoms with van der Waals surface area (Å²) in [5.41, 5.74) is 2.08. The van der Waals surface area contributed by atoms with Gasteiger partial charge >= 0.3 is 0 Å². The highest BCUT2D eigenvalue weighted by atomic mass is 32.2. The van der Waals surface area contributed by atoms with E-state index in [1.807, 2.05) is 19.1 Å². The molecule has 2 aromatic heterocycles. The molecule has 0 spiro atoms. The van der Waals surface area contributed by atoms with Crippen molar-refractivity contribution in [3.8, 4) is 0 Å². The number of anilines is 1. The van der Waals surface area contributed by atoms with Crippen LogP contribution in [-0.2, 0) is 11.2 Å². The van der Waals surface area contributed by atoms with Gasteiger partial charge in [0.05, 0.1) is 16.0 Å². The zero-order valence-electron chi connectivity index (χ0n) is 15.9. The van der Waals surface area contributed by atoms with Crippen molar-refractivity contribution in [2.45, 2.75) is 57.1 Å². The van der Waals surface area contributed by atoms with E-state index in [1.165, 1.54) is 60.8 Å². The van der Waals surface area contributed by atoms with Gasteiger partial charge in [-0.25, -0.2) is 4.98 Å². The average molecular weight is 417 g/mol. The molecule has 8 heteroatoms. The summed E-state index contributed by atoms with van der Waals surface area (Å²) < 4.78 is 6.76. The number of hydrogen-bond donors (Lipinski definition) is 1. The van der Waals surface area contributed by atoms with Crippen LogP contribution in [0.25, 0.3) is 10.2 Å². The highest BCUT2D eigenvalue weighted by Crippen LogP contribution is 2.28. The first kappa shape index (κ1) is 19.4. The number of thioether (sulfide) groups is 1. The van der Waals surface area contributed by atoms with Crippen molar-refractivity contribution in [3.63, 3.8) is 0 Å². The monoisotopic (exact) mass is 416 g/mol. The molecule has 28 heavy (non-hydrogen) atoms. The molecule has 1 aliphatic carbocycles. The van der Waals surface area contributed by atoms with E-state index < -0.39 is 0 Å². The zero-order valence-corrected chi connectivity index (χ0v) is 17.6. The highest BCUT2D eigenvalue weighted by molar-refractivity contribution is 7.99. The number of nitrogens with one attached hydrogen (secondary N) is 1. The molecule has 3 aromatic rings. The molecule has 0 radical (unpaired) electrons. The summed E-state index contributed by atoms with van der Waals surface area (Å²) in [5.74, 6) is 1.57. The number of amides is 1. The van der Waals surface area contributed by atoms with Crippen LogP contribution in [0.3, 0.4) is 0 Å². The van der Waals surface area contributed by atoms with Gasteiger partial charge < -0.3 is 9.73 Å². The average Bonchev–Trinajstić information content (AvgIpc) is 3.31. The van der Waals surface area contributed by atoms with Crippen LogP contribution in [-0.4, -0.2) is 26.8 Å². The number of carbonyl (C=O) groups is 1. The van der Waals surface area contributed by atoms with E-state index in [0.717, 1.165) is 29.0 Å². The van der Waals surface area contributed by atoms with E-state index >= 15 is 0 Å². The Labute approximate surface area is 172 Å². The van der Waals surface area contributed by atoms with Crippen LogP contribution in [0, 0.1) is 12.8 Å². The van der Waals surface area contributed by atoms with Crippen LogP contribution in [0.4, 0.5) is 5.13 Å². The van der Waals surface area contributed by atoms with E-state index in [-0.39, 0.29) is 11.7 Å². The molecular formula is C20H24N4O2S2. The largest absolute Gasteiger partial charge is 0.416 e. The lowest BCUT2D eigenvalue weighted by Gasteiger charge is -2.20. The summed E-state index contributed by atoms with van der Waals surface area (Å²) in [6, 6.07) is 6.06. The van der Waals surface area contributed by atoms with Crippen molar-refractivity contribution in [3.05, 3.63) is 29.7 Å². The molecule has 0 saturated heterocycles. The minimum Gasteiger partial charge on any atom is -0.416 e. The number of nitrogens with zero attached hydrogens (tertiary/aromatic N) is 3. The van der Waals surface area contributed by atoms with Crippen LogP contribution < -0.4 is 5.32 Å². The smallest absolute Gasteiger partial charge is 0.277 e. The molecule has 2 heterocycles. The van der Waals surface area contributed by atoms with Crippen molar-refractivity contribution >= 4 is 44.4 Å². The number of hydrogen-bond acceptors (Lipinski definition) is 7. The number of thiazole rings is 1. The van der Waals surface area contributed by atoms with E-state index in [1.54, 1.807) is 0 Å². The summed E-state index contributed by atoms with van der Waals surface area (Å²) in [4.78, 5) is 16.7. The van der Waals surface area contributed by atoms with Crippen molar-refractivity contribution < 1.29 is 9.21 Å². The topological polar surface area (TPSA) is 80.9 Å². The molecule has 0 bridgehead atoms. The van der Waals surface area contributed by atoms with Gasteiger partial charge in [0, 0.05) is 6.42 Å². The van der Waals surface area contributed by atoms with Crippen molar-refractivity contribution in [2.24, 2.45) is 5.92 Å². The summed E-state index contributed by atoms with van der Waals surface area (Å²) >= 11 is 2.75. The fourth-order valence-electron chi connectivity index (χ4n) is 3.57. The molecule has 1 saturated carbocycles. The lowest BCUT2D eigenvalue weighted by molar-refractivity contribution is -0.113. The van der Waals surface area contributed by atoms with Gasteiger partial charge in [0.2, 0.25) is 11.8 Å². The Balaban J connectivity index is 1.24. The third-order valence-electron chi connectivity index (χ3n) is 5.06. The van der Waals surface area contributed by atoms with E-state index in [0.29, 0.717) is 16.2 Å². The molecule has 6 nitrogen and oxygen atoms in total. The van der Waals surface area contributed by atoms with E-state index in [2.05, 4.69) is 26.6 Å². The standard InChI is InChI=1S/C20H24N4O2S2/c1-13-7-9-15-16(11-13)28-19(21-15)22-17(25)12-27-20-24-23-18(26-20)10-8-14-5-3-2-4-6-14/h7,9,11,14H,2-6,8,10,12H2,1H3,(H,21,22,25). The molecule has 1 aromatic carbocycles. The Kier molecular flexibility index (Phi) is 6.26. The third-order valence-corrected chi connectivity index (χ3v) is 6.81. The van der Waals surface area contributed by atoms with Gasteiger partial charge in [-0.1, -0.05) is 61.3 Å². The van der Waals surface area contributed by atoms with Crippen molar-refractivity contribution in [1.29, 1.82) is 0 Å². The van der Waals surface area contributed by atoms with E-state index in [4.69, 9.17) is 4.42 Å². The van der Waals surface area contributed by atoms with Gasteiger partial charge in [-0.3, -0.25) is 4.79 Å². The molecule has 1 aliphatic rings. The summed E-state index contributed by atoms with van der Waals surface area (Å²) in [6.07, 6.45) is 8.65. The number of aromatic nitrogens is 3. The third kappa shape index (κ3) is 5.11. The lowest BCUT2D eigenvalue weighted by atomic mass is 9.86. The maximum Gasteiger partial charge on any atom is 0.277 e. The predicted molar refractivity (Wildman–Crippen MR) is 113 cm³/mol. The predicted octanol–water partition coefficient (Wildman–Crippen LogP) is 5.23. The van der Waals surface area contributed by atoms with Gasteiger partial charge in [-0.2, -0.15) is 0 Å². The number of aryl methyl sites for hydroxylation is 2. The number of fused-ring (bicyclic) bond motifs is 1. The second-order valence-corrected chi connectivity index (χ2v) is 9.29. The van der Waals surface area contributed by atoms with Crippen LogP contribution in [0.2, 0.25) is 0 Å². The quantitative estimate of drug-likeness (QED) is 0.531. The minimum absolute atomic E-state index is 0.122. The summed E-state index contributed by atoms with van der Waals surface area (Å²) in [5, 5.41) is 12.1. The molecule has 0 atom stereocenters. The first-order chi connectivity index (χ1) is 13.7. The van der Waals surface area contributed by atoms with Crippen LogP contribution >= 0.6 is 23.1 Å². The Bertz CT molecular complexity index is 947. The van der Waals surface area contributed by atoms with Gasteiger partial charge in [0.1, 0.15) is 0 Å². The van der Waals surface area contributed by atoms with Crippen LogP contribution in [0.15, 0.2) is 27.8 Å². The van der Waals surface area contributed by atoms with Crippen molar-refractivity contribution in [1.82, 2.24) is 15.2 Å². The molecule has 1 N–H and O–H groups in total. The highest BCUT2D eigenvalue weighted by Gasteiger charge is 2.16. The first-order valence-electron chi connectivity index (χ1n) is 9.78. The summed E-state index contributed by atoms with van der Waals surface area (Å²) in [6.45, 7) is 2.04. The normalized spacial score (nSPS) is 15.2. The Morgan fingerprint density at radius 1 is 1.29 bits per heavy atom. The maximum atomic E-state index is 12.2. The fraction of sp³-hybridized carbons (Fsp3) is 0.500. The van der Waals surface area contributed by atoms with Crippen LogP contribution in [0.5, 0.6) is 0 Å². The molecule has 1 amide bonds. The minimum atomic E-state index is -0.122. The fourth-order valence-corrected chi connectivity index (χ4v) is 5.13. The number of carbonyl (C=O) groups excluding carboxylic acids is 1. The Hall–Kier alpha value is -1.93. The molecule has 4 rings (SSSR count). The molecule has 148 valence electrons. The first-order valence-corrected chi connectivity index (χ1v) is 11.6. The van der Waals surface area contributed by atoms with Crippen LogP contribution in [0.1, 0.15) is 50.0 Å². The molecule has 0 unspecified atom stereocenters. The second kappa shape index (κ2) is 9.05. The molecular weight excluding hydrogens is 392 g/mol. The number of rotatable bonds is 7. The Morgan fingerprint density at radius 3 is 3.00 bits per heavy atom. The van der Waals surface area contributed by atoms with Gasteiger partial charge in [-0.15, -0.1) is 10.2 Å². The number of benzene rings is 1. The van der Waals surface area contributed by atoms with Gasteiger partial charge in [0.25, 0.3) is 5.22 Å².